The minimum Gasteiger partial charge on any atom is -0.497 e. The number of nitrogens with one attached hydrogen (secondary N) is 1. The van der Waals surface area contributed by atoms with Crippen molar-refractivity contribution in [3.8, 4) is 5.75 Å². The van der Waals surface area contributed by atoms with Crippen LogP contribution in [-0.2, 0) is 4.79 Å². The molecule has 3 N–H and O–H groups in total. The Morgan fingerprint density at radius 2 is 2.05 bits per heavy atom. The lowest BCUT2D eigenvalue weighted by Gasteiger charge is -2.30. The van der Waals surface area contributed by atoms with Gasteiger partial charge in [0.15, 0.2) is 0 Å². The van der Waals surface area contributed by atoms with Crippen molar-refractivity contribution in [2.45, 2.75) is 37.8 Å². The van der Waals surface area contributed by atoms with Crippen LogP contribution in [0.2, 0.25) is 0 Å². The maximum Gasteiger partial charge on any atom is 0.237 e. The highest BCUT2D eigenvalue weighted by Gasteiger charge is 2.36. The third-order valence-electron chi connectivity index (χ3n) is 4.10. The molecule has 0 radical (unpaired) electrons. The number of hydrogen-bond donors (Lipinski definition) is 2. The number of ether oxygens (including phenoxy) is 1. The molecule has 5 nitrogen and oxygen atoms in total. The zero-order chi connectivity index (χ0) is 15.5. The number of hydrogen-bond acceptors (Lipinski definition) is 4. The second kappa shape index (κ2) is 6.35. The largest absolute Gasteiger partial charge is 0.497 e. The molecular weight excluding hydrogens is 266 g/mol. The van der Waals surface area contributed by atoms with E-state index in [-0.39, 0.29) is 5.91 Å². The van der Waals surface area contributed by atoms with E-state index in [0.717, 1.165) is 30.8 Å². The zero-order valence-electron chi connectivity index (χ0n) is 13.1. The number of methoxy groups -OCH3 is 1. The molecule has 1 aliphatic carbocycles. The van der Waals surface area contributed by atoms with E-state index in [1.807, 2.05) is 38.2 Å². The third-order valence-corrected chi connectivity index (χ3v) is 4.10. The van der Waals surface area contributed by atoms with Gasteiger partial charge in [0, 0.05) is 25.3 Å². The van der Waals surface area contributed by atoms with Gasteiger partial charge < -0.3 is 20.7 Å². The fourth-order valence-electron chi connectivity index (χ4n) is 2.30. The molecule has 1 unspecified atom stereocenters. The van der Waals surface area contributed by atoms with Gasteiger partial charge in [0.05, 0.1) is 12.6 Å². The number of anilines is 1. The molecule has 2 rings (SSSR count). The van der Waals surface area contributed by atoms with E-state index in [9.17, 15) is 4.79 Å². The number of rotatable bonds is 8. The lowest BCUT2D eigenvalue weighted by Crippen LogP contribution is -2.55. The summed E-state index contributed by atoms with van der Waals surface area (Å²) in [7, 11) is 3.67. The Morgan fingerprint density at radius 1 is 1.43 bits per heavy atom. The van der Waals surface area contributed by atoms with Gasteiger partial charge in [0.25, 0.3) is 0 Å². The third kappa shape index (κ3) is 4.11. The molecule has 1 atom stereocenters. The molecule has 1 fully saturated rings. The van der Waals surface area contributed by atoms with Crippen LogP contribution in [0.5, 0.6) is 5.75 Å². The number of carbonyl (C=O) groups is 1. The molecule has 1 aromatic carbocycles. The number of benzene rings is 1. The van der Waals surface area contributed by atoms with Crippen LogP contribution in [0, 0.1) is 0 Å². The van der Waals surface area contributed by atoms with E-state index < -0.39 is 5.54 Å². The highest BCUT2D eigenvalue weighted by molar-refractivity contribution is 5.84. The Balaban J connectivity index is 1.93. The second-order valence-electron chi connectivity index (χ2n) is 5.98. The zero-order valence-corrected chi connectivity index (χ0v) is 13.1. The van der Waals surface area contributed by atoms with Gasteiger partial charge in [0.1, 0.15) is 5.75 Å². The van der Waals surface area contributed by atoms with Crippen LogP contribution >= 0.6 is 0 Å². The van der Waals surface area contributed by atoms with Crippen molar-refractivity contribution in [3.63, 3.8) is 0 Å². The van der Waals surface area contributed by atoms with Crippen LogP contribution in [0.4, 0.5) is 5.69 Å². The fourth-order valence-corrected chi connectivity index (χ4v) is 2.30. The van der Waals surface area contributed by atoms with Crippen LogP contribution in [0.3, 0.4) is 0 Å². The molecule has 0 aromatic heterocycles. The summed E-state index contributed by atoms with van der Waals surface area (Å²) in [5.74, 6) is 0.557. The van der Waals surface area contributed by atoms with E-state index in [1.54, 1.807) is 7.11 Å². The topological polar surface area (TPSA) is 67.6 Å². The maximum atomic E-state index is 11.7. The van der Waals surface area contributed by atoms with Gasteiger partial charge in [-0.3, -0.25) is 4.79 Å². The molecule has 0 spiro atoms. The van der Waals surface area contributed by atoms with Crippen LogP contribution in [-0.4, -0.2) is 38.2 Å². The summed E-state index contributed by atoms with van der Waals surface area (Å²) in [4.78, 5) is 13.9. The molecular formula is C16H25N3O2. The van der Waals surface area contributed by atoms with Gasteiger partial charge in [-0.25, -0.2) is 0 Å². The van der Waals surface area contributed by atoms with Crippen molar-refractivity contribution in [3.05, 3.63) is 24.3 Å². The number of amides is 1. The van der Waals surface area contributed by atoms with E-state index in [4.69, 9.17) is 10.5 Å². The highest BCUT2D eigenvalue weighted by Crippen LogP contribution is 2.25. The molecule has 1 amide bonds. The van der Waals surface area contributed by atoms with Crippen LogP contribution in [0.25, 0.3) is 0 Å². The summed E-state index contributed by atoms with van der Waals surface area (Å²) in [6.07, 6.45) is 2.95. The Kier molecular flexibility index (Phi) is 4.73. The Morgan fingerprint density at radius 3 is 2.52 bits per heavy atom. The second-order valence-corrected chi connectivity index (χ2v) is 5.98. The Hall–Kier alpha value is -1.75. The summed E-state index contributed by atoms with van der Waals surface area (Å²) in [5.41, 5.74) is 6.03. The lowest BCUT2D eigenvalue weighted by atomic mass is 9.96. The predicted octanol–water partition coefficient (Wildman–Crippen LogP) is 1.52. The van der Waals surface area contributed by atoms with Gasteiger partial charge in [-0.2, -0.15) is 0 Å². The molecule has 5 heteroatoms. The highest BCUT2D eigenvalue weighted by atomic mass is 16.5. The van der Waals surface area contributed by atoms with Crippen molar-refractivity contribution in [1.29, 1.82) is 0 Å². The summed E-state index contributed by atoms with van der Waals surface area (Å²) in [6.45, 7) is 2.65. The van der Waals surface area contributed by atoms with Crippen molar-refractivity contribution >= 4 is 11.6 Å². The van der Waals surface area contributed by atoms with Crippen molar-refractivity contribution < 1.29 is 9.53 Å². The minimum atomic E-state index is -0.637. The molecule has 21 heavy (non-hydrogen) atoms. The molecule has 1 aromatic rings. The summed E-state index contributed by atoms with van der Waals surface area (Å²) in [6, 6.07) is 8.33. The Bertz CT molecular complexity index is 485. The molecule has 0 bridgehead atoms. The summed E-state index contributed by atoms with van der Waals surface area (Å²) in [5, 5.41) is 3.37. The molecule has 0 aliphatic heterocycles. The van der Waals surface area contributed by atoms with Crippen molar-refractivity contribution in [1.82, 2.24) is 5.32 Å². The molecule has 0 saturated heterocycles. The monoisotopic (exact) mass is 291 g/mol. The SMILES string of the molecule is COc1ccc(N(C)CCC(C)(NC2CC2)C(N)=O)cc1. The molecule has 0 heterocycles. The lowest BCUT2D eigenvalue weighted by molar-refractivity contribution is -0.124. The number of carbonyl (C=O) groups excluding carboxylic acids is 1. The van der Waals surface area contributed by atoms with E-state index in [0.29, 0.717) is 12.5 Å². The first kappa shape index (κ1) is 15.6. The van der Waals surface area contributed by atoms with Crippen LogP contribution in [0.1, 0.15) is 26.2 Å². The van der Waals surface area contributed by atoms with Gasteiger partial charge in [-0.05, 0) is 50.5 Å². The molecule has 116 valence electrons. The normalized spacial score (nSPS) is 17.1. The first-order valence-electron chi connectivity index (χ1n) is 7.37. The maximum absolute atomic E-state index is 11.7. The van der Waals surface area contributed by atoms with Crippen LogP contribution < -0.4 is 20.7 Å². The number of nitrogens with two attached hydrogens (primary N) is 1. The smallest absolute Gasteiger partial charge is 0.237 e. The Labute approximate surface area is 126 Å². The summed E-state index contributed by atoms with van der Waals surface area (Å²) < 4.78 is 5.16. The van der Waals surface area contributed by atoms with Gasteiger partial charge in [-0.15, -0.1) is 0 Å². The van der Waals surface area contributed by atoms with Gasteiger partial charge in [-0.1, -0.05) is 0 Å². The first-order valence-corrected chi connectivity index (χ1v) is 7.37. The van der Waals surface area contributed by atoms with Crippen molar-refractivity contribution in [2.24, 2.45) is 5.73 Å². The molecule has 1 aliphatic rings. The standard InChI is InChI=1S/C16H25N3O2/c1-16(15(17)20,18-12-4-5-12)10-11-19(2)13-6-8-14(21-3)9-7-13/h6-9,12,18H,4-5,10-11H2,1-3H3,(H2,17,20). The van der Waals surface area contributed by atoms with E-state index in [2.05, 4.69) is 10.2 Å². The minimum absolute atomic E-state index is 0.280. The predicted molar refractivity (Wildman–Crippen MR) is 84.6 cm³/mol. The quantitative estimate of drug-likeness (QED) is 0.762. The van der Waals surface area contributed by atoms with E-state index >= 15 is 0 Å². The van der Waals surface area contributed by atoms with Crippen LogP contribution in [0.15, 0.2) is 24.3 Å². The molecule has 1 saturated carbocycles. The number of nitrogens with zero attached hydrogens (tertiary/aromatic N) is 1. The van der Waals surface area contributed by atoms with E-state index in [1.165, 1.54) is 0 Å². The first-order chi connectivity index (χ1) is 9.94. The fraction of sp³-hybridized carbons (Fsp3) is 0.562. The average Bonchev–Trinajstić information content (AvgIpc) is 3.28. The van der Waals surface area contributed by atoms with Crippen molar-refractivity contribution in [2.75, 3.05) is 25.6 Å². The van der Waals surface area contributed by atoms with Gasteiger partial charge in [0.2, 0.25) is 5.91 Å². The number of primary amides is 1. The average molecular weight is 291 g/mol. The van der Waals surface area contributed by atoms with Gasteiger partial charge >= 0.3 is 0 Å². The summed E-state index contributed by atoms with van der Waals surface area (Å²) >= 11 is 0.